The number of pyridine rings is 1. The number of hydrogen-bond donors (Lipinski definition) is 3. The maximum absolute atomic E-state index is 14.4. The largest absolute Gasteiger partial charge is 0.586 e. The zero-order valence-corrected chi connectivity index (χ0v) is 16.4. The zero-order chi connectivity index (χ0) is 23.0. The van der Waals surface area contributed by atoms with Gasteiger partial charge in [0.2, 0.25) is 0 Å². The van der Waals surface area contributed by atoms with Crippen LogP contribution in [0.3, 0.4) is 0 Å². The lowest BCUT2D eigenvalue weighted by molar-refractivity contribution is -0.286. The van der Waals surface area contributed by atoms with E-state index in [1.54, 1.807) is 0 Å². The molecular weight excluding hydrogens is 432 g/mol. The minimum atomic E-state index is -3.76. The number of aromatic nitrogens is 1. The third kappa shape index (κ3) is 3.71. The van der Waals surface area contributed by atoms with E-state index in [0.717, 1.165) is 11.1 Å². The number of hydrazine groups is 1. The molecule has 2 aromatic carbocycles. The molecule has 166 valence electrons. The van der Waals surface area contributed by atoms with Gasteiger partial charge in [-0.15, -0.1) is 8.78 Å². The fourth-order valence-corrected chi connectivity index (χ4v) is 3.19. The molecule has 0 radical (unpaired) electrons. The number of nitrogens with two attached hydrogens (primary N) is 2. The Morgan fingerprint density at radius 2 is 1.84 bits per heavy atom. The molecule has 8 nitrogen and oxygen atoms in total. The van der Waals surface area contributed by atoms with E-state index in [1.165, 1.54) is 49.6 Å². The summed E-state index contributed by atoms with van der Waals surface area (Å²) in [4.78, 5) is 4.10. The number of fused-ring (bicyclic) bond motifs is 1. The first-order valence-electron chi connectivity index (χ1n) is 9.09. The lowest BCUT2D eigenvalue weighted by Gasteiger charge is -2.25. The third-order valence-electron chi connectivity index (χ3n) is 4.62. The summed E-state index contributed by atoms with van der Waals surface area (Å²) in [6.07, 6.45) is -2.36. The average molecular weight is 448 g/mol. The average Bonchev–Trinajstić information content (AvgIpc) is 3.08. The van der Waals surface area contributed by atoms with Crippen LogP contribution in [-0.4, -0.2) is 24.2 Å². The molecule has 0 aliphatic carbocycles. The number of nitrogen functional groups attached to an aromatic ring is 1. The predicted octanol–water partition coefficient (Wildman–Crippen LogP) is 3.19. The predicted molar refractivity (Wildman–Crippen MR) is 109 cm³/mol. The van der Waals surface area contributed by atoms with Crippen LogP contribution in [0, 0.1) is 11.6 Å². The summed E-state index contributed by atoms with van der Waals surface area (Å²) in [6.45, 7) is 0. The maximum atomic E-state index is 14.4. The highest BCUT2D eigenvalue weighted by Crippen LogP contribution is 2.43. The molecule has 1 aromatic heterocycles. The fraction of sp³-hybridized carbons (Fsp3) is 0.100. The molecule has 0 atom stereocenters. The van der Waals surface area contributed by atoms with E-state index < -0.39 is 17.9 Å². The monoisotopic (exact) mass is 448 g/mol. The molecule has 1 aliphatic heterocycles. The molecule has 0 saturated heterocycles. The number of nitrogens with zero attached hydrogens (tertiary/aromatic N) is 3. The van der Waals surface area contributed by atoms with Crippen molar-refractivity contribution in [3.8, 4) is 22.6 Å². The number of hydrazone groups is 1. The Bertz CT molecular complexity index is 1220. The van der Waals surface area contributed by atoms with Gasteiger partial charge in [0.1, 0.15) is 5.82 Å². The number of ether oxygens (including phenoxy) is 2. The van der Waals surface area contributed by atoms with Crippen LogP contribution in [0.5, 0.6) is 11.5 Å². The molecule has 2 heterocycles. The van der Waals surface area contributed by atoms with Crippen molar-refractivity contribution in [2.24, 2.45) is 10.9 Å². The van der Waals surface area contributed by atoms with Crippen molar-refractivity contribution in [3.63, 3.8) is 0 Å². The summed E-state index contributed by atoms with van der Waals surface area (Å²) < 4.78 is 63.7. The van der Waals surface area contributed by atoms with Gasteiger partial charge in [-0.05, 0) is 35.9 Å². The first-order chi connectivity index (χ1) is 15.2. The zero-order valence-electron chi connectivity index (χ0n) is 16.4. The van der Waals surface area contributed by atoms with Gasteiger partial charge in [0.25, 0.3) is 0 Å². The third-order valence-corrected chi connectivity index (χ3v) is 4.62. The summed E-state index contributed by atoms with van der Waals surface area (Å²) in [6, 6.07) is 9.28. The van der Waals surface area contributed by atoms with Crippen LogP contribution in [0.4, 0.5) is 29.1 Å². The first kappa shape index (κ1) is 21.2. The summed E-state index contributed by atoms with van der Waals surface area (Å²) in [5.74, 6) is 2.99. The number of halogens is 4. The molecule has 0 unspecified atom stereocenters. The number of alkyl halides is 2. The van der Waals surface area contributed by atoms with Crippen LogP contribution in [0.2, 0.25) is 0 Å². The lowest BCUT2D eigenvalue weighted by Crippen LogP contribution is -2.43. The maximum Gasteiger partial charge on any atom is 0.586 e. The van der Waals surface area contributed by atoms with Crippen LogP contribution in [0.15, 0.2) is 53.8 Å². The van der Waals surface area contributed by atoms with Crippen LogP contribution in [0.1, 0.15) is 5.56 Å². The second kappa shape index (κ2) is 7.89. The van der Waals surface area contributed by atoms with Gasteiger partial charge in [0.15, 0.2) is 29.0 Å². The smallest absolute Gasteiger partial charge is 0.395 e. The van der Waals surface area contributed by atoms with Crippen LogP contribution < -0.4 is 31.5 Å². The van der Waals surface area contributed by atoms with E-state index in [4.69, 9.17) is 11.6 Å². The normalized spacial score (nSPS) is 14.5. The Hall–Kier alpha value is -4.06. The number of hydrogen-bond acceptors (Lipinski definition) is 7. The first-order valence-corrected chi connectivity index (χ1v) is 9.09. The van der Waals surface area contributed by atoms with Crippen LogP contribution >= 0.6 is 0 Å². The Morgan fingerprint density at radius 1 is 1.09 bits per heavy atom. The van der Waals surface area contributed by atoms with Gasteiger partial charge in [0, 0.05) is 18.8 Å². The molecule has 32 heavy (non-hydrogen) atoms. The quantitative estimate of drug-likeness (QED) is 0.185. The van der Waals surface area contributed by atoms with E-state index in [1.807, 2.05) is 0 Å². The van der Waals surface area contributed by atoms with Crippen LogP contribution in [-0.2, 0) is 0 Å². The minimum Gasteiger partial charge on any atom is -0.395 e. The summed E-state index contributed by atoms with van der Waals surface area (Å²) in [5.41, 5.74) is 9.53. The molecule has 5 N–H and O–H groups in total. The number of anilines is 2. The molecule has 3 aromatic rings. The molecule has 0 bridgehead atoms. The topological polar surface area (TPSA) is 111 Å². The van der Waals surface area contributed by atoms with Gasteiger partial charge in [0.05, 0.1) is 11.3 Å². The molecule has 4 rings (SSSR count). The number of amidine groups is 1. The van der Waals surface area contributed by atoms with Crippen molar-refractivity contribution >= 4 is 17.3 Å². The highest BCUT2D eigenvalue weighted by Gasteiger charge is 2.43. The molecule has 0 fully saturated rings. The van der Waals surface area contributed by atoms with Gasteiger partial charge in [-0.25, -0.2) is 19.2 Å². The fourth-order valence-electron chi connectivity index (χ4n) is 3.19. The van der Waals surface area contributed by atoms with Crippen molar-refractivity contribution < 1.29 is 27.0 Å². The van der Waals surface area contributed by atoms with E-state index >= 15 is 0 Å². The molecule has 0 spiro atoms. The Morgan fingerprint density at radius 3 is 2.56 bits per heavy atom. The Balaban J connectivity index is 1.76. The van der Waals surface area contributed by atoms with Crippen LogP contribution in [0.25, 0.3) is 11.1 Å². The van der Waals surface area contributed by atoms with Crippen molar-refractivity contribution in [2.45, 2.75) is 6.29 Å². The van der Waals surface area contributed by atoms with E-state index in [0.29, 0.717) is 11.1 Å². The summed E-state index contributed by atoms with van der Waals surface area (Å²) in [5, 5.41) is 4.77. The van der Waals surface area contributed by atoms with Gasteiger partial charge in [-0.3, -0.25) is 5.01 Å². The summed E-state index contributed by atoms with van der Waals surface area (Å²) >= 11 is 0. The van der Waals surface area contributed by atoms with E-state index in [-0.39, 0.29) is 34.4 Å². The molecule has 0 saturated carbocycles. The summed E-state index contributed by atoms with van der Waals surface area (Å²) in [7, 11) is 1.45. The number of nitrogens with one attached hydrogen (secondary N) is 1. The van der Waals surface area contributed by atoms with Gasteiger partial charge < -0.3 is 21.1 Å². The van der Waals surface area contributed by atoms with Gasteiger partial charge in [-0.2, -0.15) is 5.10 Å². The standard InChI is InChI=1S/C20H16F4N6O2/c1-27-30(14-4-2-3-13(21)17(14)22)19(29-26)12-7-11(9-28-18(12)25)10-5-6-15-16(8-10)32-20(23,24)31-15/h2-9,27H,26H2,1H3,(H2,25,28)/b29-19-. The number of benzene rings is 2. The van der Waals surface area contributed by atoms with Crippen molar-refractivity contribution in [2.75, 3.05) is 17.8 Å². The SMILES string of the molecule is CNN(/C(=N\N)c1cc(-c2ccc3c(c2)OC(F)(F)O3)cnc1N)c1cccc(F)c1F. The van der Waals surface area contributed by atoms with E-state index in [9.17, 15) is 17.6 Å². The van der Waals surface area contributed by atoms with Crippen molar-refractivity contribution in [3.05, 3.63) is 65.9 Å². The molecule has 1 aliphatic rings. The van der Waals surface area contributed by atoms with Gasteiger partial charge >= 0.3 is 6.29 Å². The second-order valence-corrected chi connectivity index (χ2v) is 6.57. The van der Waals surface area contributed by atoms with Crippen molar-refractivity contribution in [1.82, 2.24) is 10.4 Å². The van der Waals surface area contributed by atoms with Gasteiger partial charge in [-0.1, -0.05) is 12.1 Å². The van der Waals surface area contributed by atoms with E-state index in [2.05, 4.69) is 25.0 Å². The Labute approximate surface area is 179 Å². The van der Waals surface area contributed by atoms with Crippen molar-refractivity contribution in [1.29, 1.82) is 0 Å². The lowest BCUT2D eigenvalue weighted by atomic mass is 10.0. The highest BCUT2D eigenvalue weighted by molar-refractivity contribution is 6.12. The number of rotatable bonds is 4. The molecular formula is C20H16F4N6O2. The molecule has 0 amide bonds. The molecule has 12 heteroatoms. The second-order valence-electron chi connectivity index (χ2n) is 6.57. The minimum absolute atomic E-state index is 0.0118. The highest BCUT2D eigenvalue weighted by atomic mass is 19.3. The Kier molecular flexibility index (Phi) is 5.22.